The first-order chi connectivity index (χ1) is 33.0. The monoisotopic (exact) mass is 975 g/mol. The molecule has 0 amide bonds. The van der Waals surface area contributed by atoms with Gasteiger partial charge in [0.2, 0.25) is 11.4 Å². The summed E-state index contributed by atoms with van der Waals surface area (Å²) in [4.78, 5) is 66.2. The Labute approximate surface area is 418 Å². The molecule has 2 unspecified atom stereocenters. The number of carbonyl (C=O) groups excluding carboxylic acids is 1. The zero-order valence-electron chi connectivity index (χ0n) is 40.4. The Morgan fingerprint density at radius 3 is 1.26 bits per heavy atom. The fourth-order valence-corrected chi connectivity index (χ4v) is 18.9. The number of rotatable bonds is 7. The minimum atomic E-state index is -1.23. The van der Waals surface area contributed by atoms with E-state index in [1.165, 1.54) is 116 Å². The third kappa shape index (κ3) is 7.89. The van der Waals surface area contributed by atoms with E-state index in [0.29, 0.717) is 46.3 Å². The quantitative estimate of drug-likeness (QED) is 0.178. The Balaban J connectivity index is 0.000000148. The lowest BCUT2D eigenvalue weighted by Gasteiger charge is -2.66. The normalized spacial score (nSPS) is 37.8. The molecule has 2 aromatic heterocycles. The van der Waals surface area contributed by atoms with Gasteiger partial charge in [0.15, 0.2) is 0 Å². The van der Waals surface area contributed by atoms with E-state index in [2.05, 4.69) is 19.8 Å². The number of hydrogen-bond acceptors (Lipinski definition) is 9. The zero-order valence-corrected chi connectivity index (χ0v) is 41.2. The summed E-state index contributed by atoms with van der Waals surface area (Å²) in [5.74, 6) is 3.78. The van der Waals surface area contributed by atoms with Crippen LogP contribution in [0, 0.1) is 35.5 Å². The Hall–Kier alpha value is -4.13. The van der Waals surface area contributed by atoms with Gasteiger partial charge in [-0.2, -0.15) is 0 Å². The largest absolute Gasteiger partial charge is 0.476 e. The van der Waals surface area contributed by atoms with E-state index < -0.39 is 17.5 Å². The predicted molar refractivity (Wildman–Crippen MR) is 274 cm³/mol. The average molecular weight is 976 g/mol. The van der Waals surface area contributed by atoms with Crippen molar-refractivity contribution in [1.82, 2.24) is 28.9 Å². The summed E-state index contributed by atoms with van der Waals surface area (Å²) in [7, 11) is 0. The molecule has 8 saturated carbocycles. The second-order valence-corrected chi connectivity index (χ2v) is 24.1. The first-order valence-corrected chi connectivity index (χ1v) is 27.0. The van der Waals surface area contributed by atoms with Gasteiger partial charge in [-0.15, -0.1) is 12.4 Å². The van der Waals surface area contributed by atoms with E-state index in [4.69, 9.17) is 4.74 Å². The molecule has 12 bridgehead atoms. The molecule has 4 aromatic rings. The van der Waals surface area contributed by atoms with Gasteiger partial charge in [0.05, 0.1) is 28.7 Å². The molecule has 0 spiro atoms. The molecule has 6 heterocycles. The number of aromatic carboxylic acids is 1. The van der Waals surface area contributed by atoms with Crippen molar-refractivity contribution in [2.24, 2.45) is 35.5 Å². The minimum absolute atomic E-state index is 0. The van der Waals surface area contributed by atoms with E-state index in [-0.39, 0.29) is 55.5 Å². The van der Waals surface area contributed by atoms with Crippen LogP contribution in [0.2, 0.25) is 0 Å². The molecule has 2 aromatic carbocycles. The standard InChI is InChI=1S/C29H37N3O3.C27H33N3O3.CH4.ClH/c1-2-35-28(34)26-27(33)31(25-9-4-3-8-24(25)30-26)23-13-21-6-5-7-22(14-23)32(21)29-15-18-10-19(16-29)12-20(11-18)17-29;31-25-24(26(32)33)28-22-6-1-2-7-23(22)29(25)21-11-19-4-3-5-20(12-21)30(19)27-13-16-8-17(14-27)10-18(9-16)15-27;;/h3-4,8-9,18-23H,2,5-7,10-17H2,1H3;1-2,6-7,16-21H,3-5,8-15H2,(H,32,33);1H4;1H/t18?,19?,20?,21-,22+,23?,29?;16?,17?,18?,19-,20+,21?,27?;;. The molecule has 12 aliphatic rings. The maximum Gasteiger partial charge on any atom is 0.362 e. The van der Waals surface area contributed by atoms with Gasteiger partial charge >= 0.3 is 11.9 Å². The summed E-state index contributed by atoms with van der Waals surface area (Å²) in [6.07, 6.45) is 28.5. The third-order valence-electron chi connectivity index (χ3n) is 20.0. The highest BCUT2D eigenvalue weighted by Crippen LogP contribution is 2.62. The number of carboxylic acid groups (broad SMARTS) is 1. The maximum atomic E-state index is 13.7. The number of halogens is 1. The molecular formula is C57H75ClN6O6. The number of piperidine rings is 4. The van der Waals surface area contributed by atoms with Gasteiger partial charge in [0.1, 0.15) is 0 Å². The average Bonchev–Trinajstić information content (AvgIpc) is 3.30. The van der Waals surface area contributed by atoms with Crippen LogP contribution in [-0.4, -0.2) is 87.8 Å². The van der Waals surface area contributed by atoms with E-state index in [1.54, 1.807) is 11.5 Å². The number of carboxylic acids is 1. The van der Waals surface area contributed by atoms with Crippen LogP contribution in [0.1, 0.15) is 189 Å². The zero-order chi connectivity index (χ0) is 46.1. The number of ether oxygens (including phenoxy) is 1. The number of benzene rings is 2. The van der Waals surface area contributed by atoms with Crippen LogP contribution < -0.4 is 11.1 Å². The van der Waals surface area contributed by atoms with Crippen LogP contribution in [0.4, 0.5) is 0 Å². The molecule has 1 N–H and O–H groups in total. The molecular weight excluding hydrogens is 900 g/mol. The Kier molecular flexibility index (Phi) is 12.7. The van der Waals surface area contributed by atoms with Crippen molar-refractivity contribution in [3.63, 3.8) is 0 Å². The van der Waals surface area contributed by atoms with Gasteiger partial charge < -0.3 is 19.0 Å². The summed E-state index contributed by atoms with van der Waals surface area (Å²) < 4.78 is 8.92. The van der Waals surface area contributed by atoms with Gasteiger partial charge in [-0.05, 0) is 195 Å². The van der Waals surface area contributed by atoms with Crippen molar-refractivity contribution in [2.45, 2.75) is 203 Å². The Morgan fingerprint density at radius 1 is 0.557 bits per heavy atom. The van der Waals surface area contributed by atoms with E-state index in [9.17, 15) is 24.3 Å². The molecule has 6 atom stereocenters. The van der Waals surface area contributed by atoms with E-state index in [1.807, 2.05) is 53.1 Å². The highest BCUT2D eigenvalue weighted by atomic mass is 35.5. The highest BCUT2D eigenvalue weighted by molar-refractivity contribution is 5.90. The van der Waals surface area contributed by atoms with E-state index in [0.717, 1.165) is 72.2 Å². The van der Waals surface area contributed by atoms with Crippen LogP contribution in [0.3, 0.4) is 0 Å². The van der Waals surface area contributed by atoms with Crippen LogP contribution >= 0.6 is 12.4 Å². The first-order valence-electron chi connectivity index (χ1n) is 27.0. The fourth-order valence-electron chi connectivity index (χ4n) is 18.9. The van der Waals surface area contributed by atoms with Crippen LogP contribution in [0.15, 0.2) is 58.1 Å². The molecule has 13 heteroatoms. The summed E-state index contributed by atoms with van der Waals surface area (Å²) in [6, 6.07) is 17.5. The van der Waals surface area contributed by atoms with Gasteiger partial charge in [-0.3, -0.25) is 19.4 Å². The van der Waals surface area contributed by atoms with E-state index >= 15 is 0 Å². The number of esters is 1. The molecule has 12 nitrogen and oxygen atoms in total. The lowest BCUT2D eigenvalue weighted by atomic mass is 9.51. The summed E-state index contributed by atoms with van der Waals surface area (Å²) in [6.45, 7) is 2.00. The van der Waals surface area contributed by atoms with Crippen LogP contribution in [0.5, 0.6) is 0 Å². The number of fused-ring (bicyclic) bond motifs is 6. The summed E-state index contributed by atoms with van der Waals surface area (Å²) in [5.41, 5.74) is 2.59. The predicted octanol–water partition coefficient (Wildman–Crippen LogP) is 10.8. The minimum Gasteiger partial charge on any atom is -0.476 e. The maximum absolute atomic E-state index is 13.7. The lowest BCUT2D eigenvalue weighted by molar-refractivity contribution is -0.150. The van der Waals surface area contributed by atoms with Crippen molar-refractivity contribution >= 4 is 46.4 Å². The molecule has 0 radical (unpaired) electrons. The van der Waals surface area contributed by atoms with Crippen LogP contribution in [0.25, 0.3) is 22.1 Å². The highest BCUT2D eigenvalue weighted by Gasteiger charge is 2.59. The van der Waals surface area contributed by atoms with Crippen molar-refractivity contribution in [3.05, 3.63) is 80.6 Å². The van der Waals surface area contributed by atoms with Gasteiger partial charge in [-0.1, -0.05) is 44.5 Å². The first kappa shape index (κ1) is 48.2. The number of carbonyl (C=O) groups is 2. The Bertz CT molecular complexity index is 2690. The van der Waals surface area contributed by atoms with Gasteiger partial charge in [0.25, 0.3) is 11.1 Å². The number of aromatic nitrogens is 4. The van der Waals surface area contributed by atoms with Gasteiger partial charge in [-0.25, -0.2) is 19.6 Å². The molecule has 12 fully saturated rings. The van der Waals surface area contributed by atoms with Crippen molar-refractivity contribution in [1.29, 1.82) is 0 Å². The summed E-state index contributed by atoms with van der Waals surface area (Å²) >= 11 is 0. The molecule has 8 aliphatic carbocycles. The lowest BCUT2D eigenvalue weighted by Crippen LogP contribution is -2.68. The Morgan fingerprint density at radius 2 is 0.900 bits per heavy atom. The SMILES string of the molecule is C.CCOC(=O)c1nc2ccccc2n(C2C[C@H]3CCC[C@@H](C2)N3C23CC4CC(CC(C4)C2)C3)c1=O.Cl.O=C(O)c1nc2ccccc2n(C2C[C@H]3CCC[C@@H](C2)N3C23CC4CC(CC(C4)C2)C3)c1=O. The van der Waals surface area contributed by atoms with Crippen LogP contribution in [-0.2, 0) is 4.74 Å². The summed E-state index contributed by atoms with van der Waals surface area (Å²) in [5, 5.41) is 9.66. The van der Waals surface area contributed by atoms with Gasteiger partial charge in [0, 0.05) is 47.3 Å². The molecule has 70 heavy (non-hydrogen) atoms. The third-order valence-corrected chi connectivity index (χ3v) is 20.0. The van der Waals surface area contributed by atoms with Crippen molar-refractivity contribution < 1.29 is 19.4 Å². The number of hydrogen-bond donors (Lipinski definition) is 1. The molecule has 4 aliphatic heterocycles. The van der Waals surface area contributed by atoms with Crippen molar-refractivity contribution in [2.75, 3.05) is 6.61 Å². The fraction of sp³-hybridized carbons (Fsp3) is 0.684. The topological polar surface area (TPSA) is 140 Å². The smallest absolute Gasteiger partial charge is 0.362 e. The van der Waals surface area contributed by atoms with Crippen molar-refractivity contribution in [3.8, 4) is 0 Å². The second kappa shape index (κ2) is 18.4. The molecule has 16 rings (SSSR count). The molecule has 376 valence electrons. The number of nitrogens with zero attached hydrogens (tertiary/aromatic N) is 6. The second-order valence-electron chi connectivity index (χ2n) is 24.1. The molecule has 4 saturated heterocycles. The number of para-hydroxylation sites is 4.